The van der Waals surface area contributed by atoms with Gasteiger partial charge in [0.05, 0.1) is 19.8 Å². The molecule has 0 aromatic heterocycles. The highest BCUT2D eigenvalue weighted by molar-refractivity contribution is 7.90. The van der Waals surface area contributed by atoms with Crippen molar-refractivity contribution in [3.8, 4) is 5.75 Å². The SMILES string of the molecule is COc1ccccc1CCNS(=O)(=O)[C@H]1CON(C)[C@H]1c1ccc(N(C)C)cc1. The molecule has 1 heterocycles. The molecule has 0 saturated carbocycles. The van der Waals surface area contributed by atoms with Crippen LogP contribution in [0, 0.1) is 0 Å². The van der Waals surface area contributed by atoms with Gasteiger partial charge in [0.1, 0.15) is 11.0 Å². The minimum Gasteiger partial charge on any atom is -0.496 e. The summed E-state index contributed by atoms with van der Waals surface area (Å²) in [5, 5.41) is 0.949. The Labute approximate surface area is 173 Å². The topological polar surface area (TPSA) is 71.1 Å². The Morgan fingerprint density at radius 3 is 2.52 bits per heavy atom. The summed E-state index contributed by atoms with van der Waals surface area (Å²) in [6.45, 7) is 0.426. The van der Waals surface area contributed by atoms with Crippen molar-refractivity contribution in [3.63, 3.8) is 0 Å². The van der Waals surface area contributed by atoms with Crippen LogP contribution in [-0.4, -0.2) is 60.1 Å². The largest absolute Gasteiger partial charge is 0.496 e. The Morgan fingerprint density at radius 1 is 1.17 bits per heavy atom. The van der Waals surface area contributed by atoms with E-state index in [1.54, 1.807) is 19.2 Å². The molecule has 7 nitrogen and oxygen atoms in total. The molecule has 2 atom stereocenters. The van der Waals surface area contributed by atoms with Gasteiger partial charge in [-0.15, -0.1) is 0 Å². The van der Waals surface area contributed by atoms with Crippen molar-refractivity contribution in [1.29, 1.82) is 0 Å². The van der Waals surface area contributed by atoms with Crippen molar-refractivity contribution in [1.82, 2.24) is 9.79 Å². The number of rotatable bonds is 8. The molecule has 8 heteroatoms. The number of ether oxygens (including phenoxy) is 1. The zero-order valence-corrected chi connectivity index (χ0v) is 18.1. The third-order valence-corrected chi connectivity index (χ3v) is 7.02. The van der Waals surface area contributed by atoms with Crippen LogP contribution in [0.15, 0.2) is 48.5 Å². The van der Waals surface area contributed by atoms with E-state index in [2.05, 4.69) is 4.72 Å². The van der Waals surface area contributed by atoms with E-state index in [0.717, 1.165) is 22.6 Å². The lowest BCUT2D eigenvalue weighted by atomic mass is 10.0. The van der Waals surface area contributed by atoms with Crippen LogP contribution >= 0.6 is 0 Å². The Kier molecular flexibility index (Phi) is 6.79. The third kappa shape index (κ3) is 4.90. The number of methoxy groups -OCH3 is 1. The fourth-order valence-electron chi connectivity index (χ4n) is 3.59. The zero-order chi connectivity index (χ0) is 21.0. The maximum absolute atomic E-state index is 13.0. The summed E-state index contributed by atoms with van der Waals surface area (Å²) >= 11 is 0. The molecule has 0 radical (unpaired) electrons. The number of para-hydroxylation sites is 1. The minimum atomic E-state index is -3.57. The number of hydrogen-bond acceptors (Lipinski definition) is 6. The zero-order valence-electron chi connectivity index (χ0n) is 17.3. The first-order valence-electron chi connectivity index (χ1n) is 9.57. The van der Waals surface area contributed by atoms with E-state index in [4.69, 9.17) is 9.57 Å². The van der Waals surface area contributed by atoms with Crippen LogP contribution in [0.2, 0.25) is 0 Å². The molecule has 1 N–H and O–H groups in total. The van der Waals surface area contributed by atoms with Crippen LogP contribution in [0.4, 0.5) is 5.69 Å². The number of hydrogen-bond donors (Lipinski definition) is 1. The van der Waals surface area contributed by atoms with Crippen molar-refractivity contribution >= 4 is 15.7 Å². The van der Waals surface area contributed by atoms with Gasteiger partial charge in [-0.25, -0.2) is 13.1 Å². The van der Waals surface area contributed by atoms with E-state index in [-0.39, 0.29) is 12.6 Å². The third-order valence-electron chi connectivity index (χ3n) is 5.23. The van der Waals surface area contributed by atoms with Gasteiger partial charge in [0.2, 0.25) is 10.0 Å². The molecule has 0 bridgehead atoms. The molecule has 3 rings (SSSR count). The second kappa shape index (κ2) is 9.13. The van der Waals surface area contributed by atoms with E-state index in [9.17, 15) is 8.42 Å². The van der Waals surface area contributed by atoms with E-state index in [0.29, 0.717) is 13.0 Å². The summed E-state index contributed by atoms with van der Waals surface area (Å²) in [6.07, 6.45) is 0.550. The Hall–Kier alpha value is -2.13. The minimum absolute atomic E-state index is 0.126. The summed E-state index contributed by atoms with van der Waals surface area (Å²) in [6, 6.07) is 15.1. The van der Waals surface area contributed by atoms with Gasteiger partial charge in [-0.1, -0.05) is 30.3 Å². The maximum Gasteiger partial charge on any atom is 0.218 e. The van der Waals surface area contributed by atoms with Gasteiger partial charge in [-0.2, -0.15) is 5.06 Å². The number of benzene rings is 2. The van der Waals surface area contributed by atoms with E-state index in [1.807, 2.05) is 67.5 Å². The van der Waals surface area contributed by atoms with E-state index in [1.165, 1.54) is 0 Å². The molecule has 1 fully saturated rings. The lowest BCUT2D eigenvalue weighted by molar-refractivity contribution is -0.110. The molecule has 1 aliphatic heterocycles. The molecular weight excluding hydrogens is 390 g/mol. The van der Waals surface area contributed by atoms with Gasteiger partial charge in [-0.05, 0) is 35.7 Å². The van der Waals surface area contributed by atoms with Crippen LogP contribution in [0.3, 0.4) is 0 Å². The highest BCUT2D eigenvalue weighted by atomic mass is 32.2. The summed E-state index contributed by atoms with van der Waals surface area (Å²) in [5.41, 5.74) is 2.94. The second-order valence-corrected chi connectivity index (χ2v) is 9.30. The summed E-state index contributed by atoms with van der Waals surface area (Å²) in [4.78, 5) is 7.59. The molecule has 0 amide bonds. The molecule has 2 aromatic carbocycles. The standard InChI is InChI=1S/C21H29N3O4S/c1-23(2)18-11-9-17(10-12-18)21-20(15-28-24(21)3)29(25,26)22-14-13-16-7-5-6-8-19(16)27-4/h5-12,20-22H,13-15H2,1-4H3/t20-,21-/m0/s1. The molecule has 158 valence electrons. The van der Waals surface area contributed by atoms with Gasteiger partial charge in [-0.3, -0.25) is 4.84 Å². The van der Waals surface area contributed by atoms with Gasteiger partial charge < -0.3 is 9.64 Å². The molecule has 1 aliphatic rings. The highest BCUT2D eigenvalue weighted by Crippen LogP contribution is 2.34. The lowest BCUT2D eigenvalue weighted by Gasteiger charge is -2.24. The number of anilines is 1. The fourth-order valence-corrected chi connectivity index (χ4v) is 5.10. The van der Waals surface area contributed by atoms with Crippen molar-refractivity contribution in [2.75, 3.05) is 46.3 Å². The van der Waals surface area contributed by atoms with Crippen LogP contribution in [0.1, 0.15) is 17.2 Å². The number of sulfonamides is 1. The van der Waals surface area contributed by atoms with Gasteiger partial charge in [0.15, 0.2) is 0 Å². The van der Waals surface area contributed by atoms with Crippen molar-refractivity contribution in [2.45, 2.75) is 17.7 Å². The molecule has 1 saturated heterocycles. The average Bonchev–Trinajstić information content (AvgIpc) is 3.10. The monoisotopic (exact) mass is 419 g/mol. The molecule has 0 spiro atoms. The maximum atomic E-state index is 13.0. The summed E-state index contributed by atoms with van der Waals surface area (Å²) < 4.78 is 34.1. The quantitative estimate of drug-likeness (QED) is 0.707. The number of nitrogens with zero attached hydrogens (tertiary/aromatic N) is 2. The van der Waals surface area contributed by atoms with Gasteiger partial charge >= 0.3 is 0 Å². The predicted molar refractivity (Wildman–Crippen MR) is 115 cm³/mol. The van der Waals surface area contributed by atoms with Crippen LogP contribution in [0.25, 0.3) is 0 Å². The lowest BCUT2D eigenvalue weighted by Crippen LogP contribution is -2.40. The first-order chi connectivity index (χ1) is 13.8. The van der Waals surface area contributed by atoms with Crippen molar-refractivity contribution in [2.24, 2.45) is 0 Å². The Balaban J connectivity index is 1.71. The van der Waals surface area contributed by atoms with Crippen LogP contribution < -0.4 is 14.4 Å². The molecule has 0 unspecified atom stereocenters. The van der Waals surface area contributed by atoms with Crippen molar-refractivity contribution < 1.29 is 18.0 Å². The second-order valence-electron chi connectivity index (χ2n) is 7.31. The smallest absolute Gasteiger partial charge is 0.218 e. The van der Waals surface area contributed by atoms with Crippen LogP contribution in [0.5, 0.6) is 5.75 Å². The Morgan fingerprint density at radius 2 is 1.86 bits per heavy atom. The molecule has 0 aliphatic carbocycles. The molecule has 29 heavy (non-hydrogen) atoms. The Bertz CT molecular complexity index is 916. The normalized spacial score (nSPS) is 20.0. The van der Waals surface area contributed by atoms with Crippen molar-refractivity contribution in [3.05, 3.63) is 59.7 Å². The highest BCUT2D eigenvalue weighted by Gasteiger charge is 2.43. The first-order valence-corrected chi connectivity index (χ1v) is 11.1. The van der Waals surface area contributed by atoms with Crippen LogP contribution in [-0.2, 0) is 21.3 Å². The summed E-state index contributed by atoms with van der Waals surface area (Å²) in [5.74, 6) is 0.759. The van der Waals surface area contributed by atoms with Gasteiger partial charge in [0, 0.05) is 33.4 Å². The van der Waals surface area contributed by atoms with E-state index >= 15 is 0 Å². The molecule has 2 aromatic rings. The molecular formula is C21H29N3O4S. The fraction of sp³-hybridized carbons (Fsp3) is 0.429. The van der Waals surface area contributed by atoms with Gasteiger partial charge in [0.25, 0.3) is 0 Å². The number of nitrogens with one attached hydrogen (secondary N) is 1. The average molecular weight is 420 g/mol. The predicted octanol–water partition coefficient (Wildman–Crippen LogP) is 2.21. The first kappa shape index (κ1) is 21.6. The van der Waals surface area contributed by atoms with E-state index < -0.39 is 15.3 Å². The number of hydroxylamine groups is 2. The summed E-state index contributed by atoms with van der Waals surface area (Å²) in [7, 11) is 3.75.